The minimum Gasteiger partial charge on any atom is -0.309 e. The lowest BCUT2D eigenvalue weighted by Gasteiger charge is -2.11. The lowest BCUT2D eigenvalue weighted by molar-refractivity contribution is 1.18. The zero-order chi connectivity index (χ0) is 56.9. The molecule has 0 amide bonds. The van der Waals surface area contributed by atoms with Gasteiger partial charge in [0.25, 0.3) is 0 Å². The Labute approximate surface area is 501 Å². The molecule has 0 aliphatic rings. The second-order valence-electron chi connectivity index (χ2n) is 22.5. The molecule has 0 unspecified atom stereocenters. The number of fused-ring (bicyclic) bond motifs is 6. The van der Waals surface area contributed by atoms with Crippen molar-refractivity contribution in [3.63, 3.8) is 0 Å². The molecular formula is C84H56N2. The number of hydrogen-bond donors (Lipinski definition) is 0. The van der Waals surface area contributed by atoms with Crippen molar-refractivity contribution in [3.05, 3.63) is 340 Å². The van der Waals surface area contributed by atoms with E-state index in [1.807, 2.05) is 0 Å². The molecule has 16 rings (SSSR count). The number of nitrogens with zero attached hydrogens (tertiary/aromatic N) is 2. The zero-order valence-electron chi connectivity index (χ0n) is 47.2. The van der Waals surface area contributed by atoms with E-state index < -0.39 is 0 Å². The molecule has 2 heteroatoms. The summed E-state index contributed by atoms with van der Waals surface area (Å²) in [6.07, 6.45) is 0. The fourth-order valence-electron chi connectivity index (χ4n) is 13.0. The first kappa shape index (κ1) is 50.4. The Kier molecular flexibility index (Phi) is 12.6. The van der Waals surface area contributed by atoms with Gasteiger partial charge in [-0.2, -0.15) is 0 Å². The molecule has 0 fully saturated rings. The molecule has 16 aromatic rings. The molecule has 0 saturated heterocycles. The van der Waals surface area contributed by atoms with Crippen molar-refractivity contribution in [1.29, 1.82) is 0 Å². The van der Waals surface area contributed by atoms with E-state index in [4.69, 9.17) is 0 Å². The standard InChI is InChI=1S/C84H56N2/c1-3-15-57(16-4-1)65-19-11-23-69(51-65)71-25-13-21-67(53-71)63-35-31-59(32-36-63)61-39-45-75(46-40-61)85-81-29-9-7-27-77(81)79-55-73(43-49-83(79)85)74-44-50-84-80(56-74)78-28-8-10-30-82(78)86(84)76-47-41-62(42-48-76)60-33-37-64(38-34-60)68-22-14-26-72(54-68)70-24-12-20-66(52-70)58-17-5-2-6-18-58/h1-56H. The fraction of sp³-hybridized carbons (Fsp3) is 0. The molecule has 0 N–H and O–H groups in total. The van der Waals surface area contributed by atoms with Crippen LogP contribution in [0.1, 0.15) is 0 Å². The highest BCUT2D eigenvalue weighted by molar-refractivity contribution is 6.13. The van der Waals surface area contributed by atoms with E-state index in [0.29, 0.717) is 0 Å². The SMILES string of the molecule is c1ccc(-c2cccc(-c3cccc(-c4ccc(-c5ccc(-n6c7ccccc7c7cc(-c8ccc9c(c8)c8ccccc8n9-c8ccc(-c9ccc(-c%10cccc(-c%11cccc(-c%12ccccc%12)c%11)c%10)cc9)cc8)ccc76)cc5)cc4)c3)c2)cc1. The maximum atomic E-state index is 2.41. The van der Waals surface area contributed by atoms with E-state index in [1.54, 1.807) is 0 Å². The molecule has 0 atom stereocenters. The third-order valence-corrected chi connectivity index (χ3v) is 17.4. The van der Waals surface area contributed by atoms with Crippen molar-refractivity contribution in [1.82, 2.24) is 9.13 Å². The van der Waals surface area contributed by atoms with Crippen LogP contribution in [0.15, 0.2) is 340 Å². The Balaban J connectivity index is 0.650. The second-order valence-corrected chi connectivity index (χ2v) is 22.5. The number of para-hydroxylation sites is 2. The van der Waals surface area contributed by atoms with Crippen LogP contribution in [0.3, 0.4) is 0 Å². The number of aromatic nitrogens is 2. The van der Waals surface area contributed by atoms with Crippen LogP contribution in [-0.4, -0.2) is 9.13 Å². The highest BCUT2D eigenvalue weighted by Gasteiger charge is 2.17. The Morgan fingerprint density at radius 2 is 0.337 bits per heavy atom. The van der Waals surface area contributed by atoms with E-state index in [0.717, 1.165) is 11.4 Å². The molecule has 2 aromatic heterocycles. The van der Waals surface area contributed by atoms with Gasteiger partial charge in [-0.15, -0.1) is 0 Å². The van der Waals surface area contributed by atoms with Crippen molar-refractivity contribution in [2.45, 2.75) is 0 Å². The normalized spacial score (nSPS) is 11.5. The maximum Gasteiger partial charge on any atom is 0.0541 e. The number of rotatable bonds is 11. The largest absolute Gasteiger partial charge is 0.309 e. The van der Waals surface area contributed by atoms with E-state index >= 15 is 0 Å². The van der Waals surface area contributed by atoms with Crippen LogP contribution in [0.25, 0.3) is 155 Å². The third-order valence-electron chi connectivity index (χ3n) is 17.4. The highest BCUT2D eigenvalue weighted by atomic mass is 15.0. The van der Waals surface area contributed by atoms with Gasteiger partial charge in [-0.3, -0.25) is 0 Å². The van der Waals surface area contributed by atoms with Crippen molar-refractivity contribution >= 4 is 43.6 Å². The summed E-state index contributed by atoms with van der Waals surface area (Å²) >= 11 is 0. The first-order valence-corrected chi connectivity index (χ1v) is 29.6. The van der Waals surface area contributed by atoms with Crippen molar-refractivity contribution < 1.29 is 0 Å². The molecule has 0 saturated carbocycles. The molecule has 86 heavy (non-hydrogen) atoms. The van der Waals surface area contributed by atoms with Gasteiger partial charge in [0.15, 0.2) is 0 Å². The molecule has 0 spiro atoms. The minimum absolute atomic E-state index is 1.14. The van der Waals surface area contributed by atoms with E-state index in [1.165, 1.54) is 144 Å². The van der Waals surface area contributed by atoms with E-state index in [9.17, 15) is 0 Å². The summed E-state index contributed by atoms with van der Waals surface area (Å²) in [5, 5.41) is 4.94. The van der Waals surface area contributed by atoms with Gasteiger partial charge in [-0.05, 0) is 185 Å². The molecule has 14 aromatic carbocycles. The first-order chi connectivity index (χ1) is 42.6. The van der Waals surface area contributed by atoms with Crippen molar-refractivity contribution in [2.75, 3.05) is 0 Å². The summed E-state index contributed by atoms with van der Waals surface area (Å²) in [4.78, 5) is 0. The molecule has 0 aliphatic heterocycles. The average Bonchev–Trinajstić information content (AvgIpc) is 2.48. The lowest BCUT2D eigenvalue weighted by atomic mass is 9.95. The molecule has 0 bridgehead atoms. The monoisotopic (exact) mass is 1090 g/mol. The quantitative estimate of drug-likeness (QED) is 0.122. The fourth-order valence-corrected chi connectivity index (χ4v) is 13.0. The molecule has 0 radical (unpaired) electrons. The molecule has 402 valence electrons. The molecule has 0 aliphatic carbocycles. The Hall–Kier alpha value is -11.3. The van der Waals surface area contributed by atoms with Gasteiger partial charge in [-0.25, -0.2) is 0 Å². The topological polar surface area (TPSA) is 9.86 Å². The first-order valence-electron chi connectivity index (χ1n) is 29.6. The van der Waals surface area contributed by atoms with Gasteiger partial charge in [0.2, 0.25) is 0 Å². The predicted molar refractivity (Wildman–Crippen MR) is 364 cm³/mol. The van der Waals surface area contributed by atoms with Crippen LogP contribution in [0.4, 0.5) is 0 Å². The van der Waals surface area contributed by atoms with E-state index in [-0.39, 0.29) is 0 Å². The Bertz CT molecular complexity index is 4830. The summed E-state index contributed by atoms with van der Waals surface area (Å²) in [5.41, 5.74) is 28.7. The van der Waals surface area contributed by atoms with Crippen LogP contribution < -0.4 is 0 Å². The Morgan fingerprint density at radius 3 is 0.663 bits per heavy atom. The summed E-state index contributed by atoms with van der Waals surface area (Å²) < 4.78 is 4.82. The smallest absolute Gasteiger partial charge is 0.0541 e. The second kappa shape index (κ2) is 21.5. The van der Waals surface area contributed by atoms with Gasteiger partial charge >= 0.3 is 0 Å². The van der Waals surface area contributed by atoms with Crippen LogP contribution >= 0.6 is 0 Å². The van der Waals surface area contributed by atoms with Gasteiger partial charge in [0.1, 0.15) is 0 Å². The van der Waals surface area contributed by atoms with Crippen molar-refractivity contribution in [3.8, 4) is 112 Å². The summed E-state index contributed by atoms with van der Waals surface area (Å²) in [6, 6.07) is 124. The van der Waals surface area contributed by atoms with Crippen molar-refractivity contribution in [2.24, 2.45) is 0 Å². The van der Waals surface area contributed by atoms with Crippen LogP contribution in [0.5, 0.6) is 0 Å². The predicted octanol–water partition coefficient (Wildman–Crippen LogP) is 22.9. The van der Waals surface area contributed by atoms with E-state index in [2.05, 4.69) is 349 Å². The summed E-state index contributed by atoms with van der Waals surface area (Å²) in [6.45, 7) is 0. The third kappa shape index (κ3) is 9.27. The minimum atomic E-state index is 1.14. The van der Waals surface area contributed by atoms with Gasteiger partial charge in [0.05, 0.1) is 22.1 Å². The summed E-state index contributed by atoms with van der Waals surface area (Å²) in [7, 11) is 0. The van der Waals surface area contributed by atoms with Crippen LogP contribution in [0.2, 0.25) is 0 Å². The maximum absolute atomic E-state index is 2.41. The molecule has 2 nitrogen and oxygen atoms in total. The number of hydrogen-bond acceptors (Lipinski definition) is 0. The lowest BCUT2D eigenvalue weighted by Crippen LogP contribution is -1.94. The highest BCUT2D eigenvalue weighted by Crippen LogP contribution is 2.40. The zero-order valence-corrected chi connectivity index (χ0v) is 47.2. The molecule has 2 heterocycles. The molecular weight excluding hydrogens is 1040 g/mol. The van der Waals surface area contributed by atoms with Gasteiger partial charge in [0, 0.05) is 32.9 Å². The van der Waals surface area contributed by atoms with Crippen LogP contribution in [-0.2, 0) is 0 Å². The van der Waals surface area contributed by atoms with Gasteiger partial charge in [-0.1, -0.05) is 255 Å². The number of benzene rings is 14. The van der Waals surface area contributed by atoms with Gasteiger partial charge < -0.3 is 9.13 Å². The Morgan fingerprint density at radius 1 is 0.128 bits per heavy atom. The summed E-state index contributed by atoms with van der Waals surface area (Å²) in [5.74, 6) is 0. The van der Waals surface area contributed by atoms with Crippen LogP contribution in [0, 0.1) is 0 Å². The average molecular weight is 1090 g/mol.